The Kier molecular flexibility index (Phi) is 7.47. The molecule has 1 aromatic heterocycles. The molecule has 2 aromatic rings. The molecule has 2 heterocycles. The first-order valence-electron chi connectivity index (χ1n) is 12.2. The van der Waals surface area contributed by atoms with Crippen molar-refractivity contribution in [2.75, 3.05) is 26.8 Å². The smallest absolute Gasteiger partial charge is 0.435 e. The average Bonchev–Trinajstić information content (AvgIpc) is 3.52. The number of alkyl halides is 3. The zero-order valence-electron chi connectivity index (χ0n) is 20.7. The normalized spacial score (nSPS) is 16.2. The summed E-state index contributed by atoms with van der Waals surface area (Å²) in [7, 11) is 1.47. The summed E-state index contributed by atoms with van der Waals surface area (Å²) < 4.78 is 52.3. The molecular formula is C25H29F3N4O5. The highest BCUT2D eigenvalue weighted by Gasteiger charge is 2.52. The Hall–Kier alpha value is -3.57. The Morgan fingerprint density at radius 2 is 1.86 bits per heavy atom. The molecular weight excluding hydrogens is 493 g/mol. The minimum atomic E-state index is -4.69. The van der Waals surface area contributed by atoms with Crippen LogP contribution in [0.1, 0.15) is 60.8 Å². The summed E-state index contributed by atoms with van der Waals surface area (Å²) in [5.41, 5.74) is -1.87. The van der Waals surface area contributed by atoms with Gasteiger partial charge in [-0.3, -0.25) is 9.59 Å². The number of esters is 1. The van der Waals surface area contributed by atoms with Gasteiger partial charge in [0.25, 0.3) is 5.91 Å². The summed E-state index contributed by atoms with van der Waals surface area (Å²) in [6.45, 7) is 2.35. The summed E-state index contributed by atoms with van der Waals surface area (Å²) in [5, 5.41) is 6.52. The quantitative estimate of drug-likeness (QED) is 0.380. The molecule has 0 saturated heterocycles. The molecule has 1 aliphatic carbocycles. The van der Waals surface area contributed by atoms with Crippen molar-refractivity contribution in [3.8, 4) is 11.4 Å². The Morgan fingerprint density at radius 1 is 1.16 bits per heavy atom. The van der Waals surface area contributed by atoms with Crippen LogP contribution in [-0.2, 0) is 26.9 Å². The van der Waals surface area contributed by atoms with Crippen molar-refractivity contribution in [1.29, 1.82) is 0 Å². The summed E-state index contributed by atoms with van der Waals surface area (Å²) >= 11 is 0. The number of carbonyl (C=O) groups excluding carboxylic acids is 3. The number of unbranched alkanes of at least 4 members (excludes halogenated alkanes) is 1. The molecule has 0 spiro atoms. The molecule has 0 atom stereocenters. The van der Waals surface area contributed by atoms with Gasteiger partial charge in [-0.1, -0.05) is 0 Å². The van der Waals surface area contributed by atoms with Crippen molar-refractivity contribution in [1.82, 2.24) is 20.0 Å². The standard InChI is InChI=1S/C25H29F3N4O5/c1-3-37-23(35)24(12-13-24)29-19(33)6-4-5-14-31-15-11-18-20(22(31)34)32(30-21(18)25(26,27)28)16-7-9-17(36-2)10-8-16/h7-10H,3-6,11-15H2,1-2H3,(H,29,33). The highest BCUT2D eigenvalue weighted by atomic mass is 19.4. The van der Waals surface area contributed by atoms with Crippen LogP contribution in [0, 0.1) is 0 Å². The van der Waals surface area contributed by atoms with Crippen LogP contribution in [0.2, 0.25) is 0 Å². The molecule has 0 unspecified atom stereocenters. The Bertz CT molecular complexity index is 1170. The number of hydrogen-bond donors (Lipinski definition) is 1. The van der Waals surface area contributed by atoms with Crippen LogP contribution < -0.4 is 10.1 Å². The number of halogens is 3. The van der Waals surface area contributed by atoms with Gasteiger partial charge in [-0.05, 0) is 63.3 Å². The van der Waals surface area contributed by atoms with E-state index in [2.05, 4.69) is 10.4 Å². The van der Waals surface area contributed by atoms with Gasteiger partial charge in [-0.15, -0.1) is 0 Å². The van der Waals surface area contributed by atoms with Crippen molar-refractivity contribution >= 4 is 17.8 Å². The van der Waals surface area contributed by atoms with Crippen LogP contribution in [0.15, 0.2) is 24.3 Å². The minimum absolute atomic E-state index is 0.0224. The molecule has 0 bridgehead atoms. The SMILES string of the molecule is CCOC(=O)C1(NC(=O)CCCCN2CCc3c(C(F)(F)F)nn(-c4ccc(OC)cc4)c3C2=O)CC1. The second-order valence-corrected chi connectivity index (χ2v) is 9.13. The fraction of sp³-hybridized carbons (Fsp3) is 0.520. The Morgan fingerprint density at radius 3 is 2.46 bits per heavy atom. The first-order chi connectivity index (χ1) is 17.6. The van der Waals surface area contributed by atoms with Crippen LogP contribution in [-0.4, -0.2) is 64.8 Å². The van der Waals surface area contributed by atoms with E-state index in [9.17, 15) is 27.6 Å². The van der Waals surface area contributed by atoms with Crippen molar-refractivity contribution < 1.29 is 37.0 Å². The van der Waals surface area contributed by atoms with Crippen molar-refractivity contribution in [2.24, 2.45) is 0 Å². The number of carbonyl (C=O) groups is 3. The van der Waals surface area contributed by atoms with E-state index in [-0.39, 0.29) is 49.7 Å². The van der Waals surface area contributed by atoms with Gasteiger partial charge in [0.1, 0.15) is 17.0 Å². The zero-order valence-corrected chi connectivity index (χ0v) is 20.7. The molecule has 0 radical (unpaired) electrons. The summed E-state index contributed by atoms with van der Waals surface area (Å²) in [5.74, 6) is -0.716. The van der Waals surface area contributed by atoms with Gasteiger partial charge in [0.05, 0.1) is 19.4 Å². The number of aromatic nitrogens is 2. The van der Waals surface area contributed by atoms with Crippen molar-refractivity contribution in [2.45, 2.75) is 57.2 Å². The topological polar surface area (TPSA) is 103 Å². The van der Waals surface area contributed by atoms with E-state index < -0.39 is 29.3 Å². The first kappa shape index (κ1) is 26.5. The molecule has 2 aliphatic rings. The maximum absolute atomic E-state index is 13.7. The Labute approximate surface area is 211 Å². The third-order valence-corrected chi connectivity index (χ3v) is 6.57. The fourth-order valence-corrected chi connectivity index (χ4v) is 4.45. The van der Waals surface area contributed by atoms with E-state index in [0.29, 0.717) is 37.1 Å². The molecule has 1 N–H and O–H groups in total. The number of nitrogens with one attached hydrogen (secondary N) is 1. The number of methoxy groups -OCH3 is 1. The molecule has 1 saturated carbocycles. The van der Waals surface area contributed by atoms with E-state index >= 15 is 0 Å². The van der Waals surface area contributed by atoms with Crippen molar-refractivity contribution in [3.63, 3.8) is 0 Å². The summed E-state index contributed by atoms with van der Waals surface area (Å²) in [4.78, 5) is 39.1. The first-order valence-corrected chi connectivity index (χ1v) is 12.2. The zero-order chi connectivity index (χ0) is 26.8. The van der Waals surface area contributed by atoms with E-state index in [1.807, 2.05) is 0 Å². The predicted molar refractivity (Wildman–Crippen MR) is 125 cm³/mol. The van der Waals surface area contributed by atoms with Gasteiger partial charge in [0.15, 0.2) is 5.69 Å². The van der Waals surface area contributed by atoms with Crippen LogP contribution >= 0.6 is 0 Å². The van der Waals surface area contributed by atoms with Gasteiger partial charge in [-0.25, -0.2) is 9.48 Å². The number of ether oxygens (including phenoxy) is 2. The monoisotopic (exact) mass is 522 g/mol. The third kappa shape index (κ3) is 5.57. The van der Waals surface area contributed by atoms with Gasteiger partial charge in [0, 0.05) is 25.1 Å². The predicted octanol–water partition coefficient (Wildman–Crippen LogP) is 3.28. The van der Waals surface area contributed by atoms with Crippen LogP contribution in [0.4, 0.5) is 13.2 Å². The lowest BCUT2D eigenvalue weighted by Gasteiger charge is -2.28. The van der Waals surface area contributed by atoms with Crippen molar-refractivity contribution in [3.05, 3.63) is 41.2 Å². The second kappa shape index (κ2) is 10.4. The second-order valence-electron chi connectivity index (χ2n) is 9.13. The number of amides is 2. The molecule has 37 heavy (non-hydrogen) atoms. The van der Waals surface area contributed by atoms with E-state index in [1.54, 1.807) is 31.2 Å². The number of hydrogen-bond acceptors (Lipinski definition) is 6. The van der Waals surface area contributed by atoms with E-state index in [4.69, 9.17) is 9.47 Å². The number of benzene rings is 1. The number of rotatable bonds is 10. The summed E-state index contributed by atoms with van der Waals surface area (Å²) in [6.07, 6.45) is -2.49. The lowest BCUT2D eigenvalue weighted by atomic mass is 10.0. The number of nitrogens with zero attached hydrogens (tertiary/aromatic N) is 3. The van der Waals surface area contributed by atoms with Gasteiger partial charge in [0.2, 0.25) is 5.91 Å². The average molecular weight is 523 g/mol. The van der Waals surface area contributed by atoms with E-state index in [0.717, 1.165) is 4.68 Å². The molecule has 9 nitrogen and oxygen atoms in total. The Balaban J connectivity index is 1.40. The molecule has 4 rings (SSSR count). The summed E-state index contributed by atoms with van der Waals surface area (Å²) in [6, 6.07) is 6.25. The molecule has 1 aromatic carbocycles. The molecule has 200 valence electrons. The van der Waals surface area contributed by atoms with Crippen LogP contribution in [0.3, 0.4) is 0 Å². The molecule has 1 fully saturated rings. The molecule has 2 amide bonds. The highest BCUT2D eigenvalue weighted by molar-refractivity contribution is 5.96. The molecule has 1 aliphatic heterocycles. The minimum Gasteiger partial charge on any atom is -0.497 e. The van der Waals surface area contributed by atoms with Crippen LogP contribution in [0.5, 0.6) is 5.75 Å². The van der Waals surface area contributed by atoms with Gasteiger partial charge < -0.3 is 19.7 Å². The largest absolute Gasteiger partial charge is 0.497 e. The lowest BCUT2D eigenvalue weighted by molar-refractivity contribution is -0.148. The van der Waals surface area contributed by atoms with Gasteiger partial charge >= 0.3 is 12.1 Å². The molecule has 12 heteroatoms. The van der Waals surface area contributed by atoms with Crippen LogP contribution in [0.25, 0.3) is 5.69 Å². The number of fused-ring (bicyclic) bond motifs is 1. The lowest BCUT2D eigenvalue weighted by Crippen LogP contribution is -2.44. The van der Waals surface area contributed by atoms with E-state index in [1.165, 1.54) is 12.0 Å². The third-order valence-electron chi connectivity index (χ3n) is 6.57. The fourth-order valence-electron chi connectivity index (χ4n) is 4.45. The maximum Gasteiger partial charge on any atom is 0.435 e. The van der Waals surface area contributed by atoms with Gasteiger partial charge in [-0.2, -0.15) is 18.3 Å². The maximum atomic E-state index is 13.7. The highest BCUT2D eigenvalue weighted by Crippen LogP contribution is 2.37.